The fourth-order valence-corrected chi connectivity index (χ4v) is 6.29. The first-order chi connectivity index (χ1) is 20.9. The van der Waals surface area contributed by atoms with Gasteiger partial charge in [0.2, 0.25) is 5.95 Å². The quantitative estimate of drug-likeness (QED) is 0.224. The number of anilines is 2. The molecule has 0 aliphatic carbocycles. The SMILES string of the molecule is CCN1CCC(c2ccc(NC3N=Cc4cc(-c5ccc(-c6cccnc6F)cc5Cl)c(=O)n(CC)c4N3)cc2F)CC1. The van der Waals surface area contributed by atoms with Crippen molar-refractivity contribution in [3.8, 4) is 22.3 Å². The number of pyridine rings is 2. The summed E-state index contributed by atoms with van der Waals surface area (Å²) < 4.78 is 31.0. The van der Waals surface area contributed by atoms with Gasteiger partial charge in [-0.15, -0.1) is 0 Å². The van der Waals surface area contributed by atoms with E-state index in [4.69, 9.17) is 11.6 Å². The summed E-state index contributed by atoms with van der Waals surface area (Å²) in [6.45, 7) is 7.45. The summed E-state index contributed by atoms with van der Waals surface area (Å²) in [6.07, 6.45) is 4.40. The molecule has 2 aromatic carbocycles. The predicted octanol–water partition coefficient (Wildman–Crippen LogP) is 6.97. The summed E-state index contributed by atoms with van der Waals surface area (Å²) in [5, 5.41) is 6.84. The molecule has 43 heavy (non-hydrogen) atoms. The molecule has 7 nitrogen and oxygen atoms in total. The molecule has 222 valence electrons. The highest BCUT2D eigenvalue weighted by molar-refractivity contribution is 6.33. The molecule has 4 heterocycles. The van der Waals surface area contributed by atoms with Crippen molar-refractivity contribution in [3.63, 3.8) is 0 Å². The zero-order valence-corrected chi connectivity index (χ0v) is 24.8. The van der Waals surface area contributed by atoms with Gasteiger partial charge in [-0.2, -0.15) is 4.39 Å². The van der Waals surface area contributed by atoms with Crippen molar-refractivity contribution in [2.75, 3.05) is 30.3 Å². The highest BCUT2D eigenvalue weighted by Gasteiger charge is 2.24. The van der Waals surface area contributed by atoms with Crippen LogP contribution in [0.4, 0.5) is 20.3 Å². The average molecular weight is 603 g/mol. The highest BCUT2D eigenvalue weighted by Crippen LogP contribution is 2.34. The van der Waals surface area contributed by atoms with E-state index in [0.29, 0.717) is 50.9 Å². The van der Waals surface area contributed by atoms with E-state index in [2.05, 4.69) is 32.4 Å². The van der Waals surface area contributed by atoms with Gasteiger partial charge >= 0.3 is 0 Å². The normalized spacial score (nSPS) is 17.0. The van der Waals surface area contributed by atoms with Gasteiger partial charge in [0.05, 0.1) is 0 Å². The molecule has 1 saturated heterocycles. The van der Waals surface area contributed by atoms with E-state index in [9.17, 15) is 9.18 Å². The van der Waals surface area contributed by atoms with Gasteiger partial charge in [0.25, 0.3) is 5.56 Å². The van der Waals surface area contributed by atoms with Gasteiger partial charge in [0.15, 0.2) is 6.29 Å². The first-order valence-electron chi connectivity index (χ1n) is 14.6. The lowest BCUT2D eigenvalue weighted by Gasteiger charge is -2.31. The summed E-state index contributed by atoms with van der Waals surface area (Å²) in [5.41, 5.74) is 3.69. The predicted molar refractivity (Wildman–Crippen MR) is 169 cm³/mol. The molecular formula is C33H33ClF2N6O. The number of aromatic nitrogens is 2. The zero-order chi connectivity index (χ0) is 30.1. The number of rotatable bonds is 7. The largest absolute Gasteiger partial charge is 0.347 e. The Kier molecular flexibility index (Phi) is 8.27. The summed E-state index contributed by atoms with van der Waals surface area (Å²) >= 11 is 6.63. The Morgan fingerprint density at radius 2 is 1.81 bits per heavy atom. The van der Waals surface area contributed by atoms with Crippen molar-refractivity contribution in [3.05, 3.63) is 99.1 Å². The Bertz CT molecular complexity index is 1750. The summed E-state index contributed by atoms with van der Waals surface area (Å²) in [7, 11) is 0. The summed E-state index contributed by atoms with van der Waals surface area (Å²) in [5.74, 6) is 0.0207. The molecule has 6 rings (SSSR count). The lowest BCUT2D eigenvalue weighted by molar-refractivity contribution is 0.220. The van der Waals surface area contributed by atoms with Crippen molar-refractivity contribution < 1.29 is 8.78 Å². The van der Waals surface area contributed by atoms with Gasteiger partial charge in [-0.3, -0.25) is 9.36 Å². The topological polar surface area (TPSA) is 74.5 Å². The van der Waals surface area contributed by atoms with Crippen LogP contribution in [-0.4, -0.2) is 46.6 Å². The number of benzene rings is 2. The molecule has 4 aromatic rings. The molecule has 0 bridgehead atoms. The number of hydrogen-bond acceptors (Lipinski definition) is 6. The third-order valence-corrected chi connectivity index (χ3v) is 8.69. The lowest BCUT2D eigenvalue weighted by Crippen LogP contribution is -2.35. The van der Waals surface area contributed by atoms with E-state index < -0.39 is 12.2 Å². The van der Waals surface area contributed by atoms with E-state index in [-0.39, 0.29) is 17.3 Å². The van der Waals surface area contributed by atoms with Gasteiger partial charge < -0.3 is 15.5 Å². The minimum Gasteiger partial charge on any atom is -0.347 e. The average Bonchev–Trinajstić information content (AvgIpc) is 3.01. The zero-order valence-electron chi connectivity index (χ0n) is 24.1. The van der Waals surface area contributed by atoms with Gasteiger partial charge in [-0.1, -0.05) is 36.7 Å². The monoisotopic (exact) mass is 602 g/mol. The van der Waals surface area contributed by atoms with Crippen molar-refractivity contribution in [2.45, 2.75) is 45.4 Å². The number of fused-ring (bicyclic) bond motifs is 1. The standard InChI is InChI=1S/C33H33ClF2N6O/c1-3-41-14-11-20(12-15-41)24-10-8-23(18-29(24)35)39-33-38-19-22-16-27(32(43)42(4-2)31(22)40-33)26-9-7-21(17-28(26)34)25-6-5-13-37-30(25)36/h5-10,13,16-20,33,39-40H,3-4,11-12,14-15H2,1-2H3. The first-order valence-corrected chi connectivity index (χ1v) is 15.0. The van der Waals surface area contributed by atoms with E-state index in [1.807, 2.05) is 19.1 Å². The third kappa shape index (κ3) is 5.79. The van der Waals surface area contributed by atoms with Gasteiger partial charge in [-0.05, 0) is 92.8 Å². The molecule has 2 aromatic heterocycles. The molecule has 2 aliphatic heterocycles. The molecule has 2 aliphatic rings. The van der Waals surface area contributed by atoms with Crippen LogP contribution < -0.4 is 16.2 Å². The molecule has 0 radical (unpaired) electrons. The number of aliphatic imine (C=N–C) groups is 1. The molecule has 0 saturated carbocycles. The van der Waals surface area contributed by atoms with Crippen molar-refractivity contribution >= 4 is 29.3 Å². The maximum absolute atomic E-state index is 15.2. The van der Waals surface area contributed by atoms with E-state index in [1.54, 1.807) is 47.2 Å². The second-order valence-corrected chi connectivity index (χ2v) is 11.3. The van der Waals surface area contributed by atoms with Gasteiger partial charge in [0.1, 0.15) is 11.6 Å². The second kappa shape index (κ2) is 12.3. The third-order valence-electron chi connectivity index (χ3n) is 8.38. The molecular weight excluding hydrogens is 570 g/mol. The maximum atomic E-state index is 15.2. The summed E-state index contributed by atoms with van der Waals surface area (Å²) in [6, 6.07) is 15.4. The van der Waals surface area contributed by atoms with Crippen LogP contribution in [0.5, 0.6) is 0 Å². The number of likely N-dealkylation sites (tertiary alicyclic amines) is 1. The van der Waals surface area contributed by atoms with Crippen LogP contribution in [-0.2, 0) is 6.54 Å². The van der Waals surface area contributed by atoms with Crippen LogP contribution in [0.2, 0.25) is 5.02 Å². The van der Waals surface area contributed by atoms with Crippen LogP contribution in [0.1, 0.15) is 43.7 Å². The first kappa shape index (κ1) is 29.0. The smallest absolute Gasteiger partial charge is 0.260 e. The van der Waals surface area contributed by atoms with E-state index in [0.717, 1.165) is 38.0 Å². The molecule has 0 amide bonds. The van der Waals surface area contributed by atoms with Crippen LogP contribution >= 0.6 is 11.6 Å². The van der Waals surface area contributed by atoms with Crippen molar-refractivity contribution in [1.29, 1.82) is 0 Å². The molecule has 0 spiro atoms. The number of piperidine rings is 1. The molecule has 1 fully saturated rings. The Morgan fingerprint density at radius 3 is 2.51 bits per heavy atom. The Morgan fingerprint density at radius 1 is 1.00 bits per heavy atom. The molecule has 1 unspecified atom stereocenters. The lowest BCUT2D eigenvalue weighted by atomic mass is 9.89. The van der Waals surface area contributed by atoms with Crippen LogP contribution in [0.3, 0.4) is 0 Å². The Labute approximate surface area is 254 Å². The van der Waals surface area contributed by atoms with Crippen LogP contribution in [0.15, 0.2) is 70.6 Å². The van der Waals surface area contributed by atoms with Crippen molar-refractivity contribution in [1.82, 2.24) is 14.5 Å². The fraction of sp³-hybridized carbons (Fsp3) is 0.303. The van der Waals surface area contributed by atoms with E-state index in [1.165, 1.54) is 12.3 Å². The molecule has 1 atom stereocenters. The number of halogens is 3. The van der Waals surface area contributed by atoms with Crippen LogP contribution in [0.25, 0.3) is 22.3 Å². The second-order valence-electron chi connectivity index (χ2n) is 10.9. The van der Waals surface area contributed by atoms with Gasteiger partial charge in [0, 0.05) is 51.9 Å². The summed E-state index contributed by atoms with van der Waals surface area (Å²) in [4.78, 5) is 24.3. The molecule has 10 heteroatoms. The minimum atomic E-state index is -0.592. The number of nitrogens with one attached hydrogen (secondary N) is 2. The maximum Gasteiger partial charge on any atom is 0.260 e. The van der Waals surface area contributed by atoms with Crippen LogP contribution in [0, 0.1) is 11.8 Å². The minimum absolute atomic E-state index is 0.218. The number of nitrogens with zero attached hydrogens (tertiary/aromatic N) is 4. The Hall–Kier alpha value is -4.08. The van der Waals surface area contributed by atoms with Gasteiger partial charge in [-0.25, -0.2) is 14.4 Å². The molecule has 2 N–H and O–H groups in total. The van der Waals surface area contributed by atoms with Crippen molar-refractivity contribution in [2.24, 2.45) is 4.99 Å². The Balaban J connectivity index is 1.23. The highest BCUT2D eigenvalue weighted by atomic mass is 35.5. The number of hydrogen-bond donors (Lipinski definition) is 2. The fourth-order valence-electron chi connectivity index (χ4n) is 6.01. The van der Waals surface area contributed by atoms with E-state index >= 15 is 4.39 Å².